The normalized spacial score (nSPS) is 20.2. The second kappa shape index (κ2) is 7.17. The van der Waals surface area contributed by atoms with Gasteiger partial charge in [-0.3, -0.25) is 4.79 Å². The fourth-order valence-corrected chi connectivity index (χ4v) is 2.59. The average Bonchev–Trinajstić information content (AvgIpc) is 3.27. The van der Waals surface area contributed by atoms with Gasteiger partial charge in [-0.2, -0.15) is 13.2 Å². The Kier molecular flexibility index (Phi) is 5.46. The standard InChI is InChI=1S/C17H21F3N2O/c1-3-16(23)22(4-2)11-13-9-15(13)21-10-12-6-5-7-14(8-12)17(18,19)20/h3,5-8,13,15,21H,1,4,9-11H2,2H3/t13-,15-/m1/s1. The summed E-state index contributed by atoms with van der Waals surface area (Å²) in [6.07, 6.45) is -2.08. The number of amides is 1. The van der Waals surface area contributed by atoms with Gasteiger partial charge in [-0.05, 0) is 37.0 Å². The monoisotopic (exact) mass is 326 g/mol. The average molecular weight is 326 g/mol. The van der Waals surface area contributed by atoms with E-state index < -0.39 is 11.7 Å². The van der Waals surface area contributed by atoms with Gasteiger partial charge < -0.3 is 10.2 Å². The second-order valence-electron chi connectivity index (χ2n) is 5.76. The predicted molar refractivity (Wildman–Crippen MR) is 82.6 cm³/mol. The first-order valence-electron chi connectivity index (χ1n) is 7.66. The number of carbonyl (C=O) groups excluding carboxylic acids is 1. The van der Waals surface area contributed by atoms with Gasteiger partial charge in [0.2, 0.25) is 5.91 Å². The molecule has 0 heterocycles. The van der Waals surface area contributed by atoms with E-state index in [1.165, 1.54) is 18.2 Å². The summed E-state index contributed by atoms with van der Waals surface area (Å²) in [5.41, 5.74) is -0.0159. The van der Waals surface area contributed by atoms with Crippen LogP contribution in [0.1, 0.15) is 24.5 Å². The SMILES string of the molecule is C=CC(=O)N(CC)C[C@H]1C[C@H]1NCc1cccc(C(F)(F)F)c1. The van der Waals surface area contributed by atoms with Crippen LogP contribution in [0.25, 0.3) is 0 Å². The maximum atomic E-state index is 12.7. The molecule has 2 atom stereocenters. The summed E-state index contributed by atoms with van der Waals surface area (Å²) >= 11 is 0. The van der Waals surface area contributed by atoms with E-state index in [9.17, 15) is 18.0 Å². The molecule has 0 aliphatic heterocycles. The van der Waals surface area contributed by atoms with Crippen LogP contribution in [0.4, 0.5) is 13.2 Å². The molecule has 0 unspecified atom stereocenters. The molecule has 1 fully saturated rings. The van der Waals surface area contributed by atoms with Crippen molar-refractivity contribution in [1.82, 2.24) is 10.2 Å². The van der Waals surface area contributed by atoms with Crippen LogP contribution < -0.4 is 5.32 Å². The van der Waals surface area contributed by atoms with Crippen molar-refractivity contribution in [2.24, 2.45) is 5.92 Å². The minimum absolute atomic E-state index is 0.0870. The lowest BCUT2D eigenvalue weighted by molar-refractivity contribution is -0.137. The molecule has 0 bridgehead atoms. The van der Waals surface area contributed by atoms with Gasteiger partial charge in [0.1, 0.15) is 0 Å². The second-order valence-corrected chi connectivity index (χ2v) is 5.76. The Balaban J connectivity index is 1.82. The predicted octanol–water partition coefficient (Wildman–Crippen LogP) is 3.22. The molecule has 1 amide bonds. The van der Waals surface area contributed by atoms with Crippen LogP contribution in [0, 0.1) is 5.92 Å². The molecule has 1 aromatic carbocycles. The molecule has 0 spiro atoms. The lowest BCUT2D eigenvalue weighted by Crippen LogP contribution is -2.32. The first-order chi connectivity index (χ1) is 10.8. The molecule has 1 aliphatic carbocycles. The van der Waals surface area contributed by atoms with Crippen LogP contribution in [0.2, 0.25) is 0 Å². The smallest absolute Gasteiger partial charge is 0.339 e. The molecule has 1 aromatic rings. The molecule has 0 radical (unpaired) electrons. The van der Waals surface area contributed by atoms with E-state index in [0.717, 1.165) is 12.5 Å². The van der Waals surface area contributed by atoms with Crippen molar-refractivity contribution >= 4 is 5.91 Å². The maximum Gasteiger partial charge on any atom is 0.416 e. The van der Waals surface area contributed by atoms with Crippen molar-refractivity contribution in [3.63, 3.8) is 0 Å². The molecule has 0 aromatic heterocycles. The van der Waals surface area contributed by atoms with Crippen LogP contribution in [0.3, 0.4) is 0 Å². The minimum atomic E-state index is -4.31. The molecule has 2 rings (SSSR count). The summed E-state index contributed by atoms with van der Waals surface area (Å²) in [4.78, 5) is 13.3. The van der Waals surface area contributed by atoms with Crippen molar-refractivity contribution < 1.29 is 18.0 Å². The number of alkyl halides is 3. The van der Waals surface area contributed by atoms with E-state index in [4.69, 9.17) is 0 Å². The highest BCUT2D eigenvalue weighted by molar-refractivity contribution is 5.86. The van der Waals surface area contributed by atoms with Crippen LogP contribution in [0.15, 0.2) is 36.9 Å². The highest BCUT2D eigenvalue weighted by Gasteiger charge is 2.38. The number of halogens is 3. The summed E-state index contributed by atoms with van der Waals surface area (Å²) in [6, 6.07) is 5.59. The zero-order chi connectivity index (χ0) is 17.0. The summed E-state index contributed by atoms with van der Waals surface area (Å²) in [5.74, 6) is 0.265. The first kappa shape index (κ1) is 17.5. The van der Waals surface area contributed by atoms with Gasteiger partial charge in [-0.25, -0.2) is 0 Å². The quantitative estimate of drug-likeness (QED) is 0.780. The molecule has 6 heteroatoms. The third kappa shape index (κ3) is 4.82. The summed E-state index contributed by atoms with van der Waals surface area (Å²) < 4.78 is 38.0. The fourth-order valence-electron chi connectivity index (χ4n) is 2.59. The first-order valence-corrected chi connectivity index (χ1v) is 7.66. The third-order valence-electron chi connectivity index (χ3n) is 4.07. The molecular formula is C17H21F3N2O. The van der Waals surface area contributed by atoms with Crippen molar-refractivity contribution in [2.45, 2.75) is 32.1 Å². The van der Waals surface area contributed by atoms with Gasteiger partial charge in [0.15, 0.2) is 0 Å². The maximum absolute atomic E-state index is 12.7. The van der Waals surface area contributed by atoms with Gasteiger partial charge in [-0.15, -0.1) is 0 Å². The van der Waals surface area contributed by atoms with Crippen LogP contribution >= 0.6 is 0 Å². The minimum Gasteiger partial charge on any atom is -0.339 e. The topological polar surface area (TPSA) is 32.3 Å². The van der Waals surface area contributed by atoms with E-state index in [2.05, 4.69) is 11.9 Å². The molecule has 1 saturated carbocycles. The van der Waals surface area contributed by atoms with Crippen molar-refractivity contribution in [1.29, 1.82) is 0 Å². The Morgan fingerprint density at radius 3 is 2.83 bits per heavy atom. The highest BCUT2D eigenvalue weighted by atomic mass is 19.4. The number of hydrogen-bond acceptors (Lipinski definition) is 2. The van der Waals surface area contributed by atoms with E-state index in [1.54, 1.807) is 11.0 Å². The zero-order valence-corrected chi connectivity index (χ0v) is 13.1. The van der Waals surface area contributed by atoms with E-state index >= 15 is 0 Å². The van der Waals surface area contributed by atoms with Gasteiger partial charge in [0.05, 0.1) is 5.56 Å². The Labute approximate surface area is 134 Å². The number of hydrogen-bond donors (Lipinski definition) is 1. The highest BCUT2D eigenvalue weighted by Crippen LogP contribution is 2.32. The number of benzene rings is 1. The number of rotatable bonds is 7. The summed E-state index contributed by atoms with van der Waals surface area (Å²) in [5, 5.41) is 3.26. The Morgan fingerprint density at radius 2 is 2.22 bits per heavy atom. The van der Waals surface area contributed by atoms with Gasteiger partial charge >= 0.3 is 6.18 Å². The molecule has 23 heavy (non-hydrogen) atoms. The lowest BCUT2D eigenvalue weighted by Gasteiger charge is -2.19. The van der Waals surface area contributed by atoms with Crippen LogP contribution in [-0.2, 0) is 17.5 Å². The summed E-state index contributed by atoms with van der Waals surface area (Å²) in [6.45, 7) is 7.07. The Bertz CT molecular complexity index is 571. The molecule has 3 nitrogen and oxygen atoms in total. The number of nitrogens with zero attached hydrogens (tertiary/aromatic N) is 1. The van der Waals surface area contributed by atoms with Crippen molar-refractivity contribution in [2.75, 3.05) is 13.1 Å². The van der Waals surface area contributed by atoms with Crippen molar-refractivity contribution in [3.05, 3.63) is 48.0 Å². The van der Waals surface area contributed by atoms with E-state index in [1.807, 2.05) is 6.92 Å². The third-order valence-corrected chi connectivity index (χ3v) is 4.07. The molecule has 1 N–H and O–H groups in total. The van der Waals surface area contributed by atoms with Crippen LogP contribution in [-0.4, -0.2) is 29.9 Å². The fraction of sp³-hybridized carbons (Fsp3) is 0.471. The van der Waals surface area contributed by atoms with Gasteiger partial charge in [0.25, 0.3) is 0 Å². The Hall–Kier alpha value is -1.82. The summed E-state index contributed by atoms with van der Waals surface area (Å²) in [7, 11) is 0. The van der Waals surface area contributed by atoms with Gasteiger partial charge in [-0.1, -0.05) is 24.8 Å². The number of carbonyl (C=O) groups is 1. The molecule has 126 valence electrons. The van der Waals surface area contributed by atoms with Crippen LogP contribution in [0.5, 0.6) is 0 Å². The molecule has 1 aliphatic rings. The molecular weight excluding hydrogens is 305 g/mol. The van der Waals surface area contributed by atoms with Crippen molar-refractivity contribution in [3.8, 4) is 0 Å². The van der Waals surface area contributed by atoms with E-state index in [0.29, 0.717) is 31.1 Å². The molecule has 0 saturated heterocycles. The van der Waals surface area contributed by atoms with E-state index in [-0.39, 0.29) is 11.9 Å². The zero-order valence-electron chi connectivity index (χ0n) is 13.1. The largest absolute Gasteiger partial charge is 0.416 e. The Morgan fingerprint density at radius 1 is 1.48 bits per heavy atom. The number of nitrogens with one attached hydrogen (secondary N) is 1. The van der Waals surface area contributed by atoms with Gasteiger partial charge in [0, 0.05) is 25.7 Å². The number of likely N-dealkylation sites (N-methyl/N-ethyl adjacent to an activating group) is 1. The lowest BCUT2D eigenvalue weighted by atomic mass is 10.1.